The molecule has 0 saturated carbocycles. The van der Waals surface area contributed by atoms with Gasteiger partial charge in [0.05, 0.1) is 6.61 Å². The summed E-state index contributed by atoms with van der Waals surface area (Å²) in [5.41, 5.74) is 0. The van der Waals surface area contributed by atoms with Crippen LogP contribution in [0.25, 0.3) is 0 Å². The third-order valence-corrected chi connectivity index (χ3v) is 2.66. The van der Waals surface area contributed by atoms with E-state index in [1.807, 2.05) is 24.3 Å². The number of benzene rings is 1. The quantitative estimate of drug-likeness (QED) is 0.593. The number of hydrogen-bond acceptors (Lipinski definition) is 2. The highest BCUT2D eigenvalue weighted by atomic mass is 127. The van der Waals surface area contributed by atoms with Crippen molar-refractivity contribution in [3.63, 3.8) is 0 Å². The van der Waals surface area contributed by atoms with Crippen LogP contribution < -0.4 is 4.74 Å². The van der Waals surface area contributed by atoms with Gasteiger partial charge in [-0.15, -0.1) is 0 Å². The summed E-state index contributed by atoms with van der Waals surface area (Å²) in [6, 6.07) is 7.97. The second-order valence-corrected chi connectivity index (χ2v) is 4.71. The number of ketones is 1. The van der Waals surface area contributed by atoms with E-state index in [0.29, 0.717) is 13.0 Å². The Bertz CT molecular complexity index is 323. The van der Waals surface area contributed by atoms with Gasteiger partial charge in [-0.05, 0) is 60.6 Å². The molecular weight excluding hydrogens is 303 g/mol. The average Bonchev–Trinajstić information content (AvgIpc) is 2.17. The second kappa shape index (κ2) is 6.82. The minimum absolute atomic E-state index is 0.254. The Morgan fingerprint density at radius 2 is 2.20 bits per heavy atom. The van der Waals surface area contributed by atoms with Crippen LogP contribution in [0.3, 0.4) is 0 Å². The van der Waals surface area contributed by atoms with E-state index in [4.69, 9.17) is 4.74 Å². The summed E-state index contributed by atoms with van der Waals surface area (Å²) < 4.78 is 6.73. The average molecular weight is 318 g/mol. The van der Waals surface area contributed by atoms with Gasteiger partial charge in [0, 0.05) is 9.99 Å². The lowest BCUT2D eigenvalue weighted by molar-refractivity contribution is -0.117. The molecule has 82 valence electrons. The van der Waals surface area contributed by atoms with Gasteiger partial charge in [0.25, 0.3) is 0 Å². The van der Waals surface area contributed by atoms with E-state index in [2.05, 4.69) is 22.6 Å². The Labute approximate surface area is 104 Å². The molecule has 1 rings (SSSR count). The number of carbonyl (C=O) groups is 1. The van der Waals surface area contributed by atoms with E-state index >= 15 is 0 Å². The van der Waals surface area contributed by atoms with Crippen molar-refractivity contribution in [2.45, 2.75) is 26.2 Å². The van der Waals surface area contributed by atoms with Gasteiger partial charge in [-0.3, -0.25) is 0 Å². The Morgan fingerprint density at radius 3 is 2.87 bits per heavy atom. The molecular formula is C12H15IO2. The zero-order valence-corrected chi connectivity index (χ0v) is 11.0. The molecule has 0 spiro atoms. The van der Waals surface area contributed by atoms with Crippen molar-refractivity contribution in [1.82, 2.24) is 0 Å². The molecule has 0 amide bonds. The lowest BCUT2D eigenvalue weighted by atomic mass is 10.2. The van der Waals surface area contributed by atoms with E-state index in [-0.39, 0.29) is 5.78 Å². The summed E-state index contributed by atoms with van der Waals surface area (Å²) in [6.07, 6.45) is 2.51. The van der Waals surface area contributed by atoms with Crippen LogP contribution in [0.1, 0.15) is 26.2 Å². The van der Waals surface area contributed by atoms with E-state index in [0.717, 1.165) is 18.6 Å². The number of hydrogen-bond donors (Lipinski definition) is 0. The molecule has 2 nitrogen and oxygen atoms in total. The smallest absolute Gasteiger partial charge is 0.129 e. The fourth-order valence-corrected chi connectivity index (χ4v) is 1.74. The third kappa shape index (κ3) is 5.77. The largest absolute Gasteiger partial charge is 0.494 e. The highest BCUT2D eigenvalue weighted by Gasteiger charge is 1.96. The fraction of sp³-hybridized carbons (Fsp3) is 0.417. The number of carbonyl (C=O) groups excluding carboxylic acids is 1. The molecule has 0 atom stereocenters. The highest BCUT2D eigenvalue weighted by molar-refractivity contribution is 14.1. The molecule has 15 heavy (non-hydrogen) atoms. The van der Waals surface area contributed by atoms with Crippen LogP contribution in [-0.4, -0.2) is 12.4 Å². The highest BCUT2D eigenvalue weighted by Crippen LogP contribution is 2.15. The van der Waals surface area contributed by atoms with E-state index in [1.165, 1.54) is 3.57 Å². The zero-order valence-electron chi connectivity index (χ0n) is 8.83. The van der Waals surface area contributed by atoms with Crippen molar-refractivity contribution in [1.29, 1.82) is 0 Å². The molecule has 0 radical (unpaired) electrons. The molecule has 1 aromatic rings. The van der Waals surface area contributed by atoms with Gasteiger partial charge in [-0.25, -0.2) is 0 Å². The maximum Gasteiger partial charge on any atom is 0.129 e. The molecule has 0 saturated heterocycles. The summed E-state index contributed by atoms with van der Waals surface area (Å²) in [7, 11) is 0. The molecule has 0 N–H and O–H groups in total. The normalized spacial score (nSPS) is 10.0. The molecule has 0 aromatic heterocycles. The fourth-order valence-electron chi connectivity index (χ4n) is 1.22. The molecule has 0 unspecified atom stereocenters. The van der Waals surface area contributed by atoms with Gasteiger partial charge in [-0.2, -0.15) is 0 Å². The van der Waals surface area contributed by atoms with Crippen molar-refractivity contribution in [3.8, 4) is 5.75 Å². The SMILES string of the molecule is CC(=O)CCCCOc1cccc(I)c1. The van der Waals surface area contributed by atoms with Crippen LogP contribution in [0.15, 0.2) is 24.3 Å². The van der Waals surface area contributed by atoms with Gasteiger partial charge >= 0.3 is 0 Å². The Kier molecular flexibility index (Phi) is 5.68. The van der Waals surface area contributed by atoms with Crippen molar-refractivity contribution < 1.29 is 9.53 Å². The Morgan fingerprint density at radius 1 is 1.40 bits per heavy atom. The lowest BCUT2D eigenvalue weighted by Crippen LogP contribution is -1.99. The zero-order chi connectivity index (χ0) is 11.1. The number of rotatable bonds is 6. The van der Waals surface area contributed by atoms with E-state index in [9.17, 15) is 4.79 Å². The van der Waals surface area contributed by atoms with Crippen LogP contribution in [-0.2, 0) is 4.79 Å². The first-order chi connectivity index (χ1) is 7.18. The Balaban J connectivity index is 2.17. The Hall–Kier alpha value is -0.580. The summed E-state index contributed by atoms with van der Waals surface area (Å²) >= 11 is 2.26. The van der Waals surface area contributed by atoms with E-state index in [1.54, 1.807) is 6.92 Å². The molecule has 0 heterocycles. The summed E-state index contributed by atoms with van der Waals surface area (Å²) in [4.78, 5) is 10.7. The summed E-state index contributed by atoms with van der Waals surface area (Å²) in [6.45, 7) is 2.31. The maximum absolute atomic E-state index is 10.7. The second-order valence-electron chi connectivity index (χ2n) is 3.46. The predicted molar refractivity (Wildman–Crippen MR) is 69.2 cm³/mol. The van der Waals surface area contributed by atoms with Crippen LogP contribution in [0.5, 0.6) is 5.75 Å². The van der Waals surface area contributed by atoms with Gasteiger partial charge < -0.3 is 9.53 Å². The monoisotopic (exact) mass is 318 g/mol. The number of Topliss-reactive ketones (excluding diaryl/α,β-unsaturated/α-hetero) is 1. The van der Waals surface area contributed by atoms with Crippen molar-refractivity contribution >= 4 is 28.4 Å². The standard InChI is InChI=1S/C12H15IO2/c1-10(14)5-2-3-8-15-12-7-4-6-11(13)9-12/h4,6-7,9H,2-3,5,8H2,1H3. The number of ether oxygens (including phenoxy) is 1. The molecule has 0 aliphatic heterocycles. The topological polar surface area (TPSA) is 26.3 Å². The lowest BCUT2D eigenvalue weighted by Gasteiger charge is -2.05. The van der Waals surface area contributed by atoms with Crippen LogP contribution in [0.4, 0.5) is 0 Å². The van der Waals surface area contributed by atoms with Gasteiger partial charge in [0.1, 0.15) is 11.5 Å². The van der Waals surface area contributed by atoms with Gasteiger partial charge in [0.2, 0.25) is 0 Å². The minimum Gasteiger partial charge on any atom is -0.494 e. The minimum atomic E-state index is 0.254. The van der Waals surface area contributed by atoms with Crippen LogP contribution in [0, 0.1) is 3.57 Å². The van der Waals surface area contributed by atoms with Crippen LogP contribution in [0.2, 0.25) is 0 Å². The molecule has 0 aliphatic rings. The van der Waals surface area contributed by atoms with Gasteiger partial charge in [-0.1, -0.05) is 6.07 Å². The summed E-state index contributed by atoms with van der Waals surface area (Å²) in [5, 5.41) is 0. The molecule has 0 bridgehead atoms. The van der Waals surface area contributed by atoms with Crippen molar-refractivity contribution in [2.75, 3.05) is 6.61 Å². The molecule has 0 aliphatic carbocycles. The van der Waals surface area contributed by atoms with Gasteiger partial charge in [0.15, 0.2) is 0 Å². The third-order valence-electron chi connectivity index (χ3n) is 1.99. The van der Waals surface area contributed by atoms with Crippen LogP contribution >= 0.6 is 22.6 Å². The van der Waals surface area contributed by atoms with E-state index < -0.39 is 0 Å². The number of unbranched alkanes of at least 4 members (excludes halogenated alkanes) is 1. The molecule has 0 fully saturated rings. The predicted octanol–water partition coefficient (Wildman–Crippen LogP) is 3.43. The summed E-state index contributed by atoms with van der Waals surface area (Å²) in [5.74, 6) is 1.16. The van der Waals surface area contributed by atoms with Crippen molar-refractivity contribution in [2.24, 2.45) is 0 Å². The molecule has 3 heteroatoms. The first-order valence-corrected chi connectivity index (χ1v) is 6.14. The number of halogens is 1. The first-order valence-electron chi connectivity index (χ1n) is 5.06. The first kappa shape index (κ1) is 12.5. The van der Waals surface area contributed by atoms with Crippen molar-refractivity contribution in [3.05, 3.63) is 27.8 Å². The maximum atomic E-state index is 10.7. The molecule has 1 aromatic carbocycles.